The highest BCUT2D eigenvalue weighted by molar-refractivity contribution is 7.15. The molecule has 31 heavy (non-hydrogen) atoms. The Morgan fingerprint density at radius 1 is 1.13 bits per heavy atom. The summed E-state index contributed by atoms with van der Waals surface area (Å²) in [7, 11) is 0. The van der Waals surface area contributed by atoms with Crippen molar-refractivity contribution in [1.82, 2.24) is 10.2 Å². The van der Waals surface area contributed by atoms with Crippen molar-refractivity contribution >= 4 is 33.3 Å². The average molecular weight is 433 g/mol. The van der Waals surface area contributed by atoms with E-state index in [1.165, 1.54) is 16.2 Å². The van der Waals surface area contributed by atoms with Gasteiger partial charge < -0.3 is 9.52 Å². The first kappa shape index (κ1) is 19.4. The molecule has 0 aliphatic carbocycles. The molecule has 1 aliphatic rings. The third-order valence-electron chi connectivity index (χ3n) is 5.64. The van der Waals surface area contributed by atoms with Crippen LogP contribution in [0, 0.1) is 13.8 Å². The summed E-state index contributed by atoms with van der Waals surface area (Å²) in [5.41, 5.74) is 2.90. The van der Waals surface area contributed by atoms with Crippen molar-refractivity contribution in [3.63, 3.8) is 0 Å². The summed E-state index contributed by atoms with van der Waals surface area (Å²) in [5, 5.41) is 20.0. The number of aromatic nitrogens is 2. The first-order valence-corrected chi connectivity index (χ1v) is 10.7. The van der Waals surface area contributed by atoms with E-state index in [0.29, 0.717) is 28.1 Å². The van der Waals surface area contributed by atoms with Gasteiger partial charge in [0.15, 0.2) is 5.43 Å². The second-order valence-electron chi connectivity index (χ2n) is 7.61. The number of rotatable bonds is 3. The zero-order valence-electron chi connectivity index (χ0n) is 17.2. The first-order chi connectivity index (χ1) is 14.9. The molecule has 4 aromatic rings. The second-order valence-corrected chi connectivity index (χ2v) is 8.65. The molecule has 5 rings (SSSR count). The summed E-state index contributed by atoms with van der Waals surface area (Å²) in [6, 6.07) is 9.35. The lowest BCUT2D eigenvalue weighted by Gasteiger charge is -2.22. The number of carbonyl (C=O) groups is 1. The van der Waals surface area contributed by atoms with Crippen molar-refractivity contribution in [2.75, 3.05) is 4.90 Å². The minimum atomic E-state index is -0.769. The zero-order valence-corrected chi connectivity index (χ0v) is 18.0. The second kappa shape index (κ2) is 7.02. The molecule has 0 bridgehead atoms. The number of benzene rings is 2. The van der Waals surface area contributed by atoms with Crippen LogP contribution in [0.3, 0.4) is 0 Å². The Bertz CT molecular complexity index is 1420. The molecule has 1 amide bonds. The number of amides is 1. The highest BCUT2D eigenvalue weighted by Gasteiger charge is 2.45. The Morgan fingerprint density at radius 2 is 1.90 bits per heavy atom. The Balaban J connectivity index is 1.82. The Kier molecular flexibility index (Phi) is 4.40. The number of phenols is 1. The van der Waals surface area contributed by atoms with E-state index in [-0.39, 0.29) is 22.5 Å². The largest absolute Gasteiger partial charge is 0.508 e. The van der Waals surface area contributed by atoms with Crippen molar-refractivity contribution in [1.29, 1.82) is 0 Å². The third-order valence-corrected chi connectivity index (χ3v) is 6.70. The van der Waals surface area contributed by atoms with Gasteiger partial charge >= 0.3 is 0 Å². The minimum absolute atomic E-state index is 0.00217. The van der Waals surface area contributed by atoms with Crippen LogP contribution in [-0.4, -0.2) is 21.2 Å². The zero-order chi connectivity index (χ0) is 21.9. The summed E-state index contributed by atoms with van der Waals surface area (Å²) in [6.07, 6.45) is 0.684. The molecule has 3 heterocycles. The standard InChI is InChI=1S/C23H19N3O4S/c1-4-17-24-25-23(31-17)26-19(13-6-5-7-14(27)10-13)18-20(28)15-8-11(2)12(3)9-16(15)30-21(18)22(26)29/h5-10,19,27H,4H2,1-3H3. The summed E-state index contributed by atoms with van der Waals surface area (Å²) in [5.74, 6) is -0.400. The highest BCUT2D eigenvalue weighted by atomic mass is 32.1. The number of aromatic hydroxyl groups is 1. The number of anilines is 1. The Labute approximate surface area is 181 Å². The number of carbonyl (C=O) groups excluding carboxylic acids is 1. The van der Waals surface area contributed by atoms with Crippen molar-refractivity contribution < 1.29 is 14.3 Å². The fourth-order valence-corrected chi connectivity index (χ4v) is 4.73. The number of fused-ring (bicyclic) bond motifs is 2. The van der Waals surface area contributed by atoms with Gasteiger partial charge in [0.1, 0.15) is 16.3 Å². The molecular formula is C23H19N3O4S. The van der Waals surface area contributed by atoms with Crippen molar-refractivity contribution in [2.45, 2.75) is 33.2 Å². The molecule has 1 N–H and O–H groups in total. The maximum absolute atomic E-state index is 13.6. The quantitative estimate of drug-likeness (QED) is 0.518. The maximum Gasteiger partial charge on any atom is 0.297 e. The van der Waals surface area contributed by atoms with Crippen LogP contribution >= 0.6 is 11.3 Å². The molecule has 1 unspecified atom stereocenters. The molecule has 7 nitrogen and oxygen atoms in total. The van der Waals surface area contributed by atoms with Gasteiger partial charge in [-0.1, -0.05) is 30.4 Å². The van der Waals surface area contributed by atoms with Gasteiger partial charge in [-0.2, -0.15) is 0 Å². The van der Waals surface area contributed by atoms with E-state index in [0.717, 1.165) is 16.1 Å². The lowest BCUT2D eigenvalue weighted by atomic mass is 9.97. The van der Waals surface area contributed by atoms with Crippen LogP contribution in [0.5, 0.6) is 5.75 Å². The van der Waals surface area contributed by atoms with Gasteiger partial charge in [0.25, 0.3) is 5.91 Å². The topological polar surface area (TPSA) is 96.5 Å². The van der Waals surface area contributed by atoms with Gasteiger partial charge in [-0.3, -0.25) is 14.5 Å². The van der Waals surface area contributed by atoms with Crippen LogP contribution in [0.2, 0.25) is 0 Å². The molecule has 0 saturated heterocycles. The summed E-state index contributed by atoms with van der Waals surface area (Å²) < 4.78 is 6.00. The van der Waals surface area contributed by atoms with E-state index in [4.69, 9.17) is 4.42 Å². The Hall–Kier alpha value is -3.52. The van der Waals surface area contributed by atoms with E-state index in [1.807, 2.05) is 20.8 Å². The van der Waals surface area contributed by atoms with Gasteiger partial charge in [-0.25, -0.2) is 0 Å². The molecule has 0 fully saturated rings. The number of aryl methyl sites for hydroxylation is 3. The van der Waals surface area contributed by atoms with Gasteiger partial charge in [-0.05, 0) is 61.2 Å². The summed E-state index contributed by atoms with van der Waals surface area (Å²) in [4.78, 5) is 28.5. The van der Waals surface area contributed by atoms with E-state index in [9.17, 15) is 14.7 Å². The van der Waals surface area contributed by atoms with Crippen LogP contribution in [0.25, 0.3) is 11.0 Å². The monoisotopic (exact) mass is 433 g/mol. The minimum Gasteiger partial charge on any atom is -0.508 e. The van der Waals surface area contributed by atoms with E-state index in [2.05, 4.69) is 10.2 Å². The SMILES string of the molecule is CCc1nnc(N2C(=O)c3oc4cc(C)c(C)cc4c(=O)c3C2c2cccc(O)c2)s1. The summed E-state index contributed by atoms with van der Waals surface area (Å²) in [6.45, 7) is 5.82. The van der Waals surface area contributed by atoms with Crippen molar-refractivity contribution in [2.24, 2.45) is 0 Å². The van der Waals surface area contributed by atoms with E-state index in [1.54, 1.807) is 36.4 Å². The van der Waals surface area contributed by atoms with Crippen LogP contribution in [-0.2, 0) is 6.42 Å². The molecular weight excluding hydrogens is 414 g/mol. The lowest BCUT2D eigenvalue weighted by Crippen LogP contribution is -2.29. The number of nitrogens with zero attached hydrogens (tertiary/aromatic N) is 3. The molecule has 1 atom stereocenters. The van der Waals surface area contributed by atoms with Crippen LogP contribution in [0.4, 0.5) is 5.13 Å². The van der Waals surface area contributed by atoms with E-state index < -0.39 is 11.9 Å². The molecule has 2 aromatic heterocycles. The molecule has 0 radical (unpaired) electrons. The van der Waals surface area contributed by atoms with Gasteiger partial charge in [0, 0.05) is 0 Å². The molecule has 0 spiro atoms. The van der Waals surface area contributed by atoms with Crippen LogP contribution in [0.1, 0.15) is 50.8 Å². The Morgan fingerprint density at radius 3 is 2.61 bits per heavy atom. The first-order valence-electron chi connectivity index (χ1n) is 9.92. The maximum atomic E-state index is 13.6. The normalized spacial score (nSPS) is 15.6. The van der Waals surface area contributed by atoms with Crippen molar-refractivity contribution in [3.8, 4) is 5.75 Å². The van der Waals surface area contributed by atoms with Crippen molar-refractivity contribution in [3.05, 3.63) is 79.6 Å². The average Bonchev–Trinajstić information content (AvgIpc) is 3.32. The predicted molar refractivity (Wildman–Crippen MR) is 118 cm³/mol. The molecule has 156 valence electrons. The number of phenolic OH excluding ortho intramolecular Hbond substituents is 1. The third kappa shape index (κ3) is 2.94. The molecule has 2 aromatic carbocycles. The smallest absolute Gasteiger partial charge is 0.297 e. The lowest BCUT2D eigenvalue weighted by molar-refractivity contribution is 0.0970. The number of hydrogen-bond donors (Lipinski definition) is 1. The fourth-order valence-electron chi connectivity index (χ4n) is 3.92. The van der Waals surface area contributed by atoms with Gasteiger partial charge in [0.05, 0.1) is 17.0 Å². The highest BCUT2D eigenvalue weighted by Crippen LogP contribution is 2.42. The number of hydrogen-bond acceptors (Lipinski definition) is 7. The van der Waals surface area contributed by atoms with E-state index >= 15 is 0 Å². The molecule has 1 aliphatic heterocycles. The van der Waals surface area contributed by atoms with Crippen LogP contribution in [0.15, 0.2) is 45.6 Å². The predicted octanol–water partition coefficient (Wildman–Crippen LogP) is 4.28. The van der Waals surface area contributed by atoms with Gasteiger partial charge in [0.2, 0.25) is 10.9 Å². The molecule has 8 heteroatoms. The van der Waals surface area contributed by atoms with Gasteiger partial charge in [-0.15, -0.1) is 10.2 Å². The van der Waals surface area contributed by atoms with Crippen LogP contribution < -0.4 is 10.3 Å². The molecule has 0 saturated carbocycles. The fraction of sp³-hybridized carbons (Fsp3) is 0.217. The summed E-state index contributed by atoms with van der Waals surface area (Å²) >= 11 is 1.30.